The second kappa shape index (κ2) is 7.97. The number of aliphatic hydroxyl groups excluding tert-OH is 1. The summed E-state index contributed by atoms with van der Waals surface area (Å²) in [5.74, 6) is 0. The molecule has 0 heterocycles. The third kappa shape index (κ3) is 4.74. The molecule has 0 aliphatic heterocycles. The summed E-state index contributed by atoms with van der Waals surface area (Å²) in [4.78, 5) is 2.26. The first-order valence-electron chi connectivity index (χ1n) is 5.41. The van der Waals surface area contributed by atoms with Crippen molar-refractivity contribution in [2.24, 2.45) is 5.73 Å². The maximum absolute atomic E-state index is 8.96. The first kappa shape index (κ1) is 13.6. The maximum atomic E-state index is 8.96. The highest BCUT2D eigenvalue weighted by atomic mass is 16.3. The monoisotopic (exact) mass is 200 g/mol. The molecule has 0 unspecified atom stereocenters. The van der Waals surface area contributed by atoms with Crippen molar-refractivity contribution in [3.8, 4) is 0 Å². The molecule has 0 atom stereocenters. The summed E-state index contributed by atoms with van der Waals surface area (Å²) in [5.41, 5.74) is 6.54. The molecule has 0 aliphatic carbocycles. The lowest BCUT2D eigenvalue weighted by Crippen LogP contribution is -2.38. The predicted molar refractivity (Wildman–Crippen MR) is 61.2 cm³/mol. The van der Waals surface area contributed by atoms with E-state index in [2.05, 4.69) is 25.3 Å². The standard InChI is InChI=1S/C11H24N2O/c1-4-11(5-2)13(6-7-14)9-10(3)8-12/h11,14H,3-9,12H2,1-2H3. The Bertz CT molecular complexity index is 155. The van der Waals surface area contributed by atoms with Crippen LogP contribution in [0.15, 0.2) is 12.2 Å². The minimum atomic E-state index is 0.203. The van der Waals surface area contributed by atoms with Gasteiger partial charge in [0.2, 0.25) is 0 Å². The smallest absolute Gasteiger partial charge is 0.0558 e. The van der Waals surface area contributed by atoms with E-state index in [4.69, 9.17) is 10.8 Å². The number of hydrogen-bond acceptors (Lipinski definition) is 3. The van der Waals surface area contributed by atoms with Gasteiger partial charge in [0.1, 0.15) is 0 Å². The number of hydrogen-bond donors (Lipinski definition) is 2. The van der Waals surface area contributed by atoms with E-state index < -0.39 is 0 Å². The summed E-state index contributed by atoms with van der Waals surface area (Å²) >= 11 is 0. The van der Waals surface area contributed by atoms with Crippen LogP contribution in [0.5, 0.6) is 0 Å². The zero-order valence-corrected chi connectivity index (χ0v) is 9.50. The van der Waals surface area contributed by atoms with Gasteiger partial charge in [0.15, 0.2) is 0 Å². The topological polar surface area (TPSA) is 49.5 Å². The van der Waals surface area contributed by atoms with Crippen LogP contribution < -0.4 is 5.73 Å². The Kier molecular flexibility index (Phi) is 7.76. The molecule has 0 spiro atoms. The van der Waals surface area contributed by atoms with Gasteiger partial charge in [-0.25, -0.2) is 0 Å². The molecule has 0 saturated heterocycles. The van der Waals surface area contributed by atoms with Crippen LogP contribution in [-0.2, 0) is 0 Å². The van der Waals surface area contributed by atoms with E-state index in [1.165, 1.54) is 0 Å². The summed E-state index contributed by atoms with van der Waals surface area (Å²) in [5, 5.41) is 8.96. The molecule has 3 nitrogen and oxygen atoms in total. The highest BCUT2D eigenvalue weighted by Crippen LogP contribution is 2.09. The van der Waals surface area contributed by atoms with Crippen LogP contribution in [0.25, 0.3) is 0 Å². The van der Waals surface area contributed by atoms with Gasteiger partial charge >= 0.3 is 0 Å². The lowest BCUT2D eigenvalue weighted by atomic mass is 10.1. The SMILES string of the molecule is C=C(CN)CN(CCO)C(CC)CC. The molecule has 0 bridgehead atoms. The average molecular weight is 200 g/mol. The van der Waals surface area contributed by atoms with Crippen molar-refractivity contribution in [3.05, 3.63) is 12.2 Å². The quantitative estimate of drug-likeness (QED) is 0.574. The van der Waals surface area contributed by atoms with Crippen LogP contribution in [0.1, 0.15) is 26.7 Å². The van der Waals surface area contributed by atoms with Gasteiger partial charge in [-0.05, 0) is 18.4 Å². The van der Waals surface area contributed by atoms with E-state index in [9.17, 15) is 0 Å². The lowest BCUT2D eigenvalue weighted by molar-refractivity contribution is 0.154. The van der Waals surface area contributed by atoms with Gasteiger partial charge in [0.25, 0.3) is 0 Å². The molecule has 0 aliphatic rings. The van der Waals surface area contributed by atoms with Crippen molar-refractivity contribution in [2.45, 2.75) is 32.7 Å². The van der Waals surface area contributed by atoms with Gasteiger partial charge in [0.05, 0.1) is 6.61 Å². The Hall–Kier alpha value is -0.380. The number of aliphatic hydroxyl groups is 1. The number of nitrogens with zero attached hydrogens (tertiary/aromatic N) is 1. The minimum Gasteiger partial charge on any atom is -0.395 e. The molecule has 0 radical (unpaired) electrons. The molecule has 0 rings (SSSR count). The zero-order valence-electron chi connectivity index (χ0n) is 9.50. The van der Waals surface area contributed by atoms with Gasteiger partial charge in [-0.3, -0.25) is 4.90 Å². The summed E-state index contributed by atoms with van der Waals surface area (Å²) < 4.78 is 0. The Morgan fingerprint density at radius 1 is 1.43 bits per heavy atom. The normalized spacial score (nSPS) is 11.3. The molecule has 3 heteroatoms. The molecule has 0 aromatic heterocycles. The van der Waals surface area contributed by atoms with Gasteiger partial charge in [-0.1, -0.05) is 20.4 Å². The van der Waals surface area contributed by atoms with Crippen LogP contribution >= 0.6 is 0 Å². The van der Waals surface area contributed by atoms with Crippen LogP contribution in [0.2, 0.25) is 0 Å². The van der Waals surface area contributed by atoms with Crippen LogP contribution in [-0.4, -0.2) is 42.3 Å². The molecule has 0 amide bonds. The highest BCUT2D eigenvalue weighted by molar-refractivity contribution is 4.99. The van der Waals surface area contributed by atoms with E-state index >= 15 is 0 Å². The van der Waals surface area contributed by atoms with Crippen LogP contribution in [0, 0.1) is 0 Å². The van der Waals surface area contributed by atoms with Crippen molar-refractivity contribution in [3.63, 3.8) is 0 Å². The lowest BCUT2D eigenvalue weighted by Gasteiger charge is -2.30. The molecule has 0 saturated carbocycles. The molecule has 3 N–H and O–H groups in total. The fraction of sp³-hybridized carbons (Fsp3) is 0.818. The fourth-order valence-corrected chi connectivity index (χ4v) is 1.68. The molecule has 14 heavy (non-hydrogen) atoms. The van der Waals surface area contributed by atoms with Crippen molar-refractivity contribution in [2.75, 3.05) is 26.2 Å². The minimum absolute atomic E-state index is 0.203. The number of rotatable bonds is 8. The maximum Gasteiger partial charge on any atom is 0.0558 e. The summed E-state index contributed by atoms with van der Waals surface area (Å²) in [6.45, 7) is 10.5. The Morgan fingerprint density at radius 3 is 2.36 bits per heavy atom. The van der Waals surface area contributed by atoms with E-state index in [0.29, 0.717) is 19.1 Å². The first-order valence-corrected chi connectivity index (χ1v) is 5.41. The highest BCUT2D eigenvalue weighted by Gasteiger charge is 2.14. The van der Waals surface area contributed by atoms with Gasteiger partial charge < -0.3 is 10.8 Å². The van der Waals surface area contributed by atoms with Crippen LogP contribution in [0.4, 0.5) is 0 Å². The third-order valence-corrected chi connectivity index (χ3v) is 2.56. The molecule has 0 fully saturated rings. The van der Waals surface area contributed by atoms with Gasteiger partial charge in [0, 0.05) is 25.7 Å². The van der Waals surface area contributed by atoms with Crippen molar-refractivity contribution in [1.29, 1.82) is 0 Å². The molecular weight excluding hydrogens is 176 g/mol. The predicted octanol–water partition coefficient (Wildman–Crippen LogP) is 0.984. The fourth-order valence-electron chi connectivity index (χ4n) is 1.68. The zero-order chi connectivity index (χ0) is 11.0. The Labute approximate surface area is 87.6 Å². The van der Waals surface area contributed by atoms with Crippen molar-refractivity contribution < 1.29 is 5.11 Å². The van der Waals surface area contributed by atoms with Gasteiger partial charge in [-0.15, -0.1) is 0 Å². The third-order valence-electron chi connectivity index (χ3n) is 2.56. The number of nitrogens with two attached hydrogens (primary N) is 1. The second-order valence-corrected chi connectivity index (χ2v) is 3.62. The Morgan fingerprint density at radius 2 is 2.00 bits per heavy atom. The Balaban J connectivity index is 4.17. The largest absolute Gasteiger partial charge is 0.395 e. The first-order chi connectivity index (χ1) is 6.69. The summed E-state index contributed by atoms with van der Waals surface area (Å²) in [6, 6.07) is 0.533. The molecular formula is C11H24N2O. The van der Waals surface area contributed by atoms with Crippen LogP contribution in [0.3, 0.4) is 0 Å². The summed E-state index contributed by atoms with van der Waals surface area (Å²) in [7, 11) is 0. The van der Waals surface area contributed by atoms with E-state index in [-0.39, 0.29) is 6.61 Å². The molecule has 84 valence electrons. The molecule has 0 aromatic rings. The van der Waals surface area contributed by atoms with E-state index in [1.807, 2.05) is 0 Å². The summed E-state index contributed by atoms with van der Waals surface area (Å²) in [6.07, 6.45) is 2.21. The van der Waals surface area contributed by atoms with Gasteiger partial charge in [-0.2, -0.15) is 0 Å². The average Bonchev–Trinajstić information content (AvgIpc) is 2.19. The van der Waals surface area contributed by atoms with Crippen molar-refractivity contribution in [1.82, 2.24) is 4.90 Å². The van der Waals surface area contributed by atoms with E-state index in [1.54, 1.807) is 0 Å². The van der Waals surface area contributed by atoms with Crippen molar-refractivity contribution >= 4 is 0 Å². The van der Waals surface area contributed by atoms with E-state index in [0.717, 1.165) is 25.0 Å². The molecule has 0 aromatic carbocycles. The second-order valence-electron chi connectivity index (χ2n) is 3.62.